The smallest absolute Gasteiger partial charge is 0.330 e. The molecule has 5 N–H and O–H groups in total. The SMILES string of the molecule is CCOC(=O)/C=C/C=C(\C)[C@@H]1C/C=C/C=C/C[C@H](C)[C@@H](O)[C@@H](CCC(C)=O)C(=O)N[C@@H](C(C)C)C(=O)N[C@@H](Cc2cccc(O)c2)C(=O)N2CCCC(N2)C(=O)O1. The summed E-state index contributed by atoms with van der Waals surface area (Å²) < 4.78 is 11.0. The molecule has 1 aromatic carbocycles. The molecule has 14 heteroatoms. The molecule has 3 rings (SSSR count). The number of amides is 3. The standard InChI is InChI=1S/C43H60N4O10/c1-7-56-37(50)21-12-16-28(4)36-20-11-9-8-10-15-29(5)39(51)33(23-22-30(6)48)40(52)45-38(27(2)3)41(53)44-35(26-31-17-13-18-32(49)25-31)42(54)47-24-14-19-34(46-47)43(55)57-36/h8-13,16-18,21,25,27,29,33-36,38-39,46,49,51H,7,14-15,19-20,22-24,26H2,1-6H3,(H,44,53)(H,45,52)/b10-8+,11-9+,21-12+,28-16+/t29-,33+,34?,35-,36-,38-,39+/m0/s1. The summed E-state index contributed by atoms with van der Waals surface area (Å²) >= 11 is 0. The van der Waals surface area contributed by atoms with E-state index < -0.39 is 77.7 Å². The quantitative estimate of drug-likeness (QED) is 0.131. The van der Waals surface area contributed by atoms with Crippen molar-refractivity contribution in [3.63, 3.8) is 0 Å². The number of carbonyl (C=O) groups is 6. The Labute approximate surface area is 335 Å². The Morgan fingerprint density at radius 2 is 1.77 bits per heavy atom. The van der Waals surface area contributed by atoms with Crippen molar-refractivity contribution in [2.45, 2.75) is 117 Å². The molecule has 57 heavy (non-hydrogen) atoms. The first kappa shape index (κ1) is 46.3. The molecular weight excluding hydrogens is 732 g/mol. The summed E-state index contributed by atoms with van der Waals surface area (Å²) in [6.45, 7) is 10.6. The van der Waals surface area contributed by atoms with Crippen LogP contribution in [0, 0.1) is 17.8 Å². The molecule has 1 unspecified atom stereocenters. The lowest BCUT2D eigenvalue weighted by molar-refractivity contribution is -0.156. The van der Waals surface area contributed by atoms with E-state index in [2.05, 4.69) is 16.1 Å². The predicted octanol–water partition coefficient (Wildman–Crippen LogP) is 3.92. The second-order valence-corrected chi connectivity index (χ2v) is 15.1. The Morgan fingerprint density at radius 3 is 2.44 bits per heavy atom. The number of aliphatic hydroxyl groups is 1. The molecule has 1 fully saturated rings. The number of aliphatic hydroxyl groups excluding tert-OH is 1. The summed E-state index contributed by atoms with van der Waals surface area (Å²) in [5.74, 6) is -4.89. The van der Waals surface area contributed by atoms with E-state index in [0.717, 1.165) is 0 Å². The summed E-state index contributed by atoms with van der Waals surface area (Å²) in [5.41, 5.74) is 4.21. The highest BCUT2D eigenvalue weighted by molar-refractivity contribution is 5.93. The summed E-state index contributed by atoms with van der Waals surface area (Å²) in [5, 5.41) is 28.5. The van der Waals surface area contributed by atoms with Gasteiger partial charge in [-0.15, -0.1) is 0 Å². The highest BCUT2D eigenvalue weighted by Crippen LogP contribution is 2.24. The van der Waals surface area contributed by atoms with Gasteiger partial charge in [-0.05, 0) is 81.6 Å². The van der Waals surface area contributed by atoms with Gasteiger partial charge in [0.2, 0.25) is 11.8 Å². The van der Waals surface area contributed by atoms with Crippen molar-refractivity contribution in [3.8, 4) is 5.75 Å². The molecule has 1 saturated heterocycles. The van der Waals surface area contributed by atoms with Gasteiger partial charge in [0.1, 0.15) is 35.8 Å². The van der Waals surface area contributed by atoms with Crippen molar-refractivity contribution in [1.82, 2.24) is 21.1 Å². The van der Waals surface area contributed by atoms with Crippen LogP contribution in [-0.4, -0.2) is 94.2 Å². The number of ether oxygens (including phenoxy) is 2. The van der Waals surface area contributed by atoms with Crippen LogP contribution in [0.1, 0.15) is 85.6 Å². The fourth-order valence-corrected chi connectivity index (χ4v) is 6.61. The molecule has 312 valence electrons. The van der Waals surface area contributed by atoms with Crippen molar-refractivity contribution < 1.29 is 48.5 Å². The number of nitrogens with zero attached hydrogens (tertiary/aromatic N) is 1. The maximum absolute atomic E-state index is 14.3. The largest absolute Gasteiger partial charge is 0.508 e. The van der Waals surface area contributed by atoms with Gasteiger partial charge >= 0.3 is 11.9 Å². The number of esters is 2. The van der Waals surface area contributed by atoms with E-state index in [4.69, 9.17) is 9.47 Å². The van der Waals surface area contributed by atoms with E-state index in [9.17, 15) is 39.0 Å². The summed E-state index contributed by atoms with van der Waals surface area (Å²) in [6, 6.07) is 3.10. The molecular formula is C43H60N4O10. The monoisotopic (exact) mass is 792 g/mol. The van der Waals surface area contributed by atoms with E-state index in [-0.39, 0.29) is 50.4 Å². The number of hydrogen-bond acceptors (Lipinski definition) is 11. The molecule has 7 atom stereocenters. The van der Waals surface area contributed by atoms with Gasteiger partial charge in [-0.2, -0.15) is 0 Å². The fraction of sp³-hybridized carbons (Fsp3) is 0.535. The number of fused-ring (bicyclic) bond motifs is 2. The lowest BCUT2D eigenvalue weighted by atomic mass is 9.85. The molecule has 3 amide bonds. The van der Waals surface area contributed by atoms with Crippen LogP contribution >= 0.6 is 0 Å². The summed E-state index contributed by atoms with van der Waals surface area (Å²) in [7, 11) is 0. The molecule has 0 aliphatic carbocycles. The van der Waals surface area contributed by atoms with Gasteiger partial charge in [0, 0.05) is 31.9 Å². The van der Waals surface area contributed by atoms with Crippen LogP contribution in [0.4, 0.5) is 0 Å². The second-order valence-electron chi connectivity index (χ2n) is 15.1. The number of allylic oxidation sites excluding steroid dienone is 5. The van der Waals surface area contributed by atoms with Crippen LogP contribution < -0.4 is 16.1 Å². The molecule has 0 radical (unpaired) electrons. The topological polar surface area (TPSA) is 201 Å². The number of Topliss-reactive ketones (excluding diaryl/α,β-unsaturated/α-hetero) is 1. The maximum Gasteiger partial charge on any atom is 0.330 e. The molecule has 2 heterocycles. The van der Waals surface area contributed by atoms with E-state index in [1.807, 2.05) is 12.2 Å². The van der Waals surface area contributed by atoms with Gasteiger partial charge in [-0.3, -0.25) is 24.2 Å². The third-order valence-corrected chi connectivity index (χ3v) is 9.97. The summed E-state index contributed by atoms with van der Waals surface area (Å²) in [4.78, 5) is 79.7. The van der Waals surface area contributed by atoms with Crippen LogP contribution in [0.2, 0.25) is 0 Å². The van der Waals surface area contributed by atoms with Crippen LogP contribution in [0.25, 0.3) is 0 Å². The van der Waals surface area contributed by atoms with Gasteiger partial charge < -0.3 is 35.1 Å². The minimum absolute atomic E-state index is 0.0201. The van der Waals surface area contributed by atoms with Gasteiger partial charge in [-0.1, -0.05) is 69.4 Å². The first-order valence-corrected chi connectivity index (χ1v) is 19.8. The number of ketones is 1. The Morgan fingerprint density at radius 1 is 1.05 bits per heavy atom. The molecule has 1 aromatic rings. The zero-order valence-electron chi connectivity index (χ0n) is 33.9. The Bertz CT molecular complexity index is 1680. The van der Waals surface area contributed by atoms with Gasteiger partial charge in [-0.25, -0.2) is 10.2 Å². The van der Waals surface area contributed by atoms with Crippen molar-refractivity contribution in [2.24, 2.45) is 17.8 Å². The maximum atomic E-state index is 14.3. The number of rotatable bonds is 10. The number of phenolic OH excluding ortho intramolecular Hbond substituents is 1. The van der Waals surface area contributed by atoms with E-state index in [1.165, 1.54) is 36.2 Å². The number of benzene rings is 1. The van der Waals surface area contributed by atoms with E-state index in [1.54, 1.807) is 65.0 Å². The first-order chi connectivity index (χ1) is 27.1. The van der Waals surface area contributed by atoms with Gasteiger partial charge in [0.15, 0.2) is 0 Å². The minimum Gasteiger partial charge on any atom is -0.508 e. The number of cyclic esters (lactones) is 1. The number of phenols is 1. The molecule has 2 bridgehead atoms. The third-order valence-electron chi connectivity index (χ3n) is 9.97. The van der Waals surface area contributed by atoms with Crippen LogP contribution in [0.3, 0.4) is 0 Å². The lowest BCUT2D eigenvalue weighted by Gasteiger charge is -2.36. The van der Waals surface area contributed by atoms with Crippen LogP contribution in [-0.2, 0) is 44.7 Å². The highest BCUT2D eigenvalue weighted by Gasteiger charge is 2.37. The van der Waals surface area contributed by atoms with Crippen molar-refractivity contribution in [1.29, 1.82) is 0 Å². The normalized spacial score (nSPS) is 27.4. The average molecular weight is 793 g/mol. The molecule has 14 nitrogen and oxygen atoms in total. The predicted molar refractivity (Wildman–Crippen MR) is 214 cm³/mol. The third kappa shape index (κ3) is 15.1. The Kier molecular flexibility index (Phi) is 18.9. The number of aromatic hydroxyl groups is 1. The molecule has 0 spiro atoms. The van der Waals surface area contributed by atoms with Crippen molar-refractivity contribution in [3.05, 3.63) is 77.9 Å². The zero-order chi connectivity index (χ0) is 42.1. The van der Waals surface area contributed by atoms with Gasteiger partial charge in [0.05, 0.1) is 18.6 Å². The summed E-state index contributed by atoms with van der Waals surface area (Å²) in [6.07, 6.45) is 11.4. The molecule has 2 aliphatic heterocycles. The van der Waals surface area contributed by atoms with Crippen LogP contribution in [0.5, 0.6) is 5.75 Å². The van der Waals surface area contributed by atoms with Crippen LogP contribution in [0.15, 0.2) is 72.4 Å². The van der Waals surface area contributed by atoms with Crippen molar-refractivity contribution >= 4 is 35.4 Å². The minimum atomic E-state index is -1.18. The number of nitrogens with one attached hydrogen (secondary N) is 3. The van der Waals surface area contributed by atoms with Crippen molar-refractivity contribution in [2.75, 3.05) is 13.2 Å². The number of carbonyl (C=O) groups excluding carboxylic acids is 6. The fourth-order valence-electron chi connectivity index (χ4n) is 6.61. The Hall–Kier alpha value is -5.08. The van der Waals surface area contributed by atoms with E-state index >= 15 is 0 Å². The zero-order valence-corrected chi connectivity index (χ0v) is 33.9. The molecule has 0 aromatic heterocycles. The second kappa shape index (κ2) is 23.2. The molecule has 0 saturated carbocycles. The highest BCUT2D eigenvalue weighted by atomic mass is 16.5. The molecule has 2 aliphatic rings. The van der Waals surface area contributed by atoms with Gasteiger partial charge in [0.25, 0.3) is 5.91 Å². The lowest BCUT2D eigenvalue weighted by Crippen LogP contribution is -2.62. The number of hydrazine groups is 1. The average Bonchev–Trinajstić information content (AvgIpc) is 3.16. The first-order valence-electron chi connectivity index (χ1n) is 19.8. The number of hydrogen-bond donors (Lipinski definition) is 5. The Balaban J connectivity index is 2.04. The van der Waals surface area contributed by atoms with E-state index in [0.29, 0.717) is 30.4 Å².